The number of imidazole rings is 1. The Morgan fingerprint density at radius 1 is 1.13 bits per heavy atom. The molecule has 0 saturated heterocycles. The molecule has 0 saturated carbocycles. The van der Waals surface area contributed by atoms with Gasteiger partial charge in [-0.1, -0.05) is 29.8 Å². The van der Waals surface area contributed by atoms with E-state index in [1.807, 2.05) is 0 Å². The summed E-state index contributed by atoms with van der Waals surface area (Å²) >= 11 is 5.93. The molecule has 6 heteroatoms. The van der Waals surface area contributed by atoms with E-state index >= 15 is 0 Å². The van der Waals surface area contributed by atoms with Crippen molar-refractivity contribution in [1.29, 1.82) is 0 Å². The molecular formula is C17H12ClN3O2. The first-order chi connectivity index (χ1) is 11.1. The third-order valence-electron chi connectivity index (χ3n) is 3.97. The molecule has 0 fully saturated rings. The number of H-pyrrole nitrogens is 1. The van der Waals surface area contributed by atoms with E-state index in [0.717, 1.165) is 0 Å². The summed E-state index contributed by atoms with van der Waals surface area (Å²) in [4.78, 5) is 21.3. The van der Waals surface area contributed by atoms with Crippen molar-refractivity contribution >= 4 is 23.2 Å². The van der Waals surface area contributed by atoms with Gasteiger partial charge in [0, 0.05) is 34.2 Å². The fourth-order valence-corrected chi connectivity index (χ4v) is 3.07. The van der Waals surface area contributed by atoms with E-state index in [-0.39, 0.29) is 11.7 Å². The number of carbonyl (C=O) groups is 1. The number of rotatable bonds is 2. The van der Waals surface area contributed by atoms with E-state index in [4.69, 9.17) is 11.6 Å². The SMILES string of the molecule is O=C1c2ccccc2[C@](O)(c2ncc[nH]2)N1c1ccc(Cl)cc1. The van der Waals surface area contributed by atoms with Gasteiger partial charge >= 0.3 is 0 Å². The van der Waals surface area contributed by atoms with Crippen molar-refractivity contribution in [3.05, 3.63) is 82.9 Å². The van der Waals surface area contributed by atoms with E-state index in [1.54, 1.807) is 60.9 Å². The normalized spacial score (nSPS) is 19.9. The van der Waals surface area contributed by atoms with Gasteiger partial charge in [-0.3, -0.25) is 9.69 Å². The maximum absolute atomic E-state index is 12.9. The number of nitrogens with one attached hydrogen (secondary N) is 1. The number of benzene rings is 2. The number of aliphatic hydroxyl groups is 1. The zero-order valence-electron chi connectivity index (χ0n) is 11.9. The first-order valence-corrected chi connectivity index (χ1v) is 7.42. The maximum Gasteiger partial charge on any atom is 0.261 e. The summed E-state index contributed by atoms with van der Waals surface area (Å²) in [5.41, 5.74) is -0.212. The van der Waals surface area contributed by atoms with Crippen LogP contribution in [0.15, 0.2) is 60.9 Å². The number of hydrogen-bond donors (Lipinski definition) is 2. The van der Waals surface area contributed by atoms with E-state index in [2.05, 4.69) is 9.97 Å². The molecule has 1 aliphatic heterocycles. The average Bonchev–Trinajstić information content (AvgIpc) is 3.17. The Labute approximate surface area is 137 Å². The second kappa shape index (κ2) is 4.94. The predicted octanol–water partition coefficient (Wildman–Crippen LogP) is 2.92. The standard InChI is InChI=1S/C17H12ClN3O2/c18-11-5-7-12(8-6-11)21-15(22)13-3-1-2-4-14(13)17(21,23)16-19-9-10-20-16/h1-10,23H,(H,19,20)/t17-/m0/s1. The Morgan fingerprint density at radius 2 is 1.87 bits per heavy atom. The molecule has 0 unspecified atom stereocenters. The Morgan fingerprint density at radius 3 is 2.57 bits per heavy atom. The molecule has 3 aromatic rings. The van der Waals surface area contributed by atoms with Gasteiger partial charge < -0.3 is 10.1 Å². The van der Waals surface area contributed by atoms with Crippen molar-refractivity contribution < 1.29 is 9.90 Å². The lowest BCUT2D eigenvalue weighted by Crippen LogP contribution is -2.45. The van der Waals surface area contributed by atoms with Crippen LogP contribution in [0, 0.1) is 0 Å². The van der Waals surface area contributed by atoms with Gasteiger partial charge in [-0.2, -0.15) is 0 Å². The molecule has 2 heterocycles. The molecular weight excluding hydrogens is 314 g/mol. The van der Waals surface area contributed by atoms with Crippen LogP contribution in [0.25, 0.3) is 0 Å². The van der Waals surface area contributed by atoms with Crippen molar-refractivity contribution in [2.24, 2.45) is 0 Å². The molecule has 0 bridgehead atoms. The van der Waals surface area contributed by atoms with E-state index in [1.165, 1.54) is 4.90 Å². The summed E-state index contributed by atoms with van der Waals surface area (Å²) in [6.07, 6.45) is 3.15. The van der Waals surface area contributed by atoms with Gasteiger partial charge in [0.05, 0.1) is 0 Å². The number of anilines is 1. The van der Waals surface area contributed by atoms with Crippen LogP contribution in [0.4, 0.5) is 5.69 Å². The summed E-state index contributed by atoms with van der Waals surface area (Å²) in [5.74, 6) is -0.00688. The molecule has 0 radical (unpaired) electrons. The van der Waals surface area contributed by atoms with Gasteiger partial charge in [0.15, 0.2) is 5.82 Å². The minimum absolute atomic E-state index is 0.283. The lowest BCUT2D eigenvalue weighted by molar-refractivity contribution is 0.0653. The monoisotopic (exact) mass is 325 g/mol. The molecule has 1 atom stereocenters. The number of amides is 1. The van der Waals surface area contributed by atoms with Crippen LogP contribution < -0.4 is 4.90 Å². The van der Waals surface area contributed by atoms with Crippen molar-refractivity contribution in [3.63, 3.8) is 0 Å². The molecule has 4 rings (SSSR count). The average molecular weight is 326 g/mol. The summed E-state index contributed by atoms with van der Waals surface area (Å²) in [7, 11) is 0. The van der Waals surface area contributed by atoms with Crippen molar-refractivity contribution in [1.82, 2.24) is 9.97 Å². The molecule has 1 aromatic heterocycles. The molecule has 2 aromatic carbocycles. The molecule has 1 aliphatic rings. The number of nitrogens with zero attached hydrogens (tertiary/aromatic N) is 2. The third kappa shape index (κ3) is 1.91. The van der Waals surface area contributed by atoms with Gasteiger partial charge in [-0.15, -0.1) is 0 Å². The molecule has 0 spiro atoms. The minimum Gasteiger partial charge on any atom is -0.360 e. The summed E-state index contributed by atoms with van der Waals surface area (Å²) in [5, 5.41) is 12.0. The summed E-state index contributed by atoms with van der Waals surface area (Å²) < 4.78 is 0. The van der Waals surface area contributed by atoms with Crippen molar-refractivity contribution in [3.8, 4) is 0 Å². The number of aromatic amines is 1. The number of fused-ring (bicyclic) bond motifs is 1. The first-order valence-electron chi connectivity index (χ1n) is 7.04. The first kappa shape index (κ1) is 14.0. The quantitative estimate of drug-likeness (QED) is 0.761. The highest BCUT2D eigenvalue weighted by atomic mass is 35.5. The van der Waals surface area contributed by atoms with Crippen molar-refractivity contribution in [2.75, 3.05) is 4.90 Å². The van der Waals surface area contributed by atoms with Gasteiger partial charge in [0.2, 0.25) is 5.72 Å². The lowest BCUT2D eigenvalue weighted by Gasteiger charge is -2.32. The highest BCUT2D eigenvalue weighted by Crippen LogP contribution is 2.43. The molecule has 1 amide bonds. The van der Waals surface area contributed by atoms with Gasteiger partial charge in [-0.05, 0) is 30.3 Å². The second-order valence-corrected chi connectivity index (χ2v) is 5.71. The van der Waals surface area contributed by atoms with Crippen LogP contribution in [-0.2, 0) is 5.72 Å². The molecule has 5 nitrogen and oxygen atoms in total. The van der Waals surface area contributed by atoms with Crippen LogP contribution in [0.2, 0.25) is 5.02 Å². The zero-order chi connectivity index (χ0) is 16.0. The Kier molecular flexibility index (Phi) is 3.01. The Balaban J connectivity index is 1.98. The Hall–Kier alpha value is -2.63. The van der Waals surface area contributed by atoms with Crippen LogP contribution in [0.3, 0.4) is 0 Å². The fourth-order valence-electron chi connectivity index (χ4n) is 2.95. The zero-order valence-corrected chi connectivity index (χ0v) is 12.7. The number of halogens is 1. The molecule has 114 valence electrons. The summed E-state index contributed by atoms with van der Waals surface area (Å²) in [6, 6.07) is 13.7. The topological polar surface area (TPSA) is 69.2 Å². The number of hydrogen-bond acceptors (Lipinski definition) is 3. The van der Waals surface area contributed by atoms with Crippen molar-refractivity contribution in [2.45, 2.75) is 5.72 Å². The van der Waals surface area contributed by atoms with E-state index in [9.17, 15) is 9.90 Å². The number of carbonyl (C=O) groups excluding carboxylic acids is 1. The highest BCUT2D eigenvalue weighted by Gasteiger charge is 2.52. The van der Waals surface area contributed by atoms with Crippen LogP contribution >= 0.6 is 11.6 Å². The van der Waals surface area contributed by atoms with Crippen LogP contribution in [0.5, 0.6) is 0 Å². The predicted molar refractivity (Wildman–Crippen MR) is 86.3 cm³/mol. The van der Waals surface area contributed by atoms with Crippen LogP contribution in [-0.4, -0.2) is 21.0 Å². The molecule has 23 heavy (non-hydrogen) atoms. The lowest BCUT2D eigenvalue weighted by atomic mass is 10.0. The van der Waals surface area contributed by atoms with Gasteiger partial charge in [-0.25, -0.2) is 4.98 Å². The minimum atomic E-state index is -1.69. The highest BCUT2D eigenvalue weighted by molar-refractivity contribution is 6.30. The Bertz CT molecular complexity index is 877. The maximum atomic E-state index is 12.9. The van der Waals surface area contributed by atoms with Crippen LogP contribution in [0.1, 0.15) is 21.7 Å². The second-order valence-electron chi connectivity index (χ2n) is 5.27. The van der Waals surface area contributed by atoms with E-state index < -0.39 is 5.72 Å². The summed E-state index contributed by atoms with van der Waals surface area (Å²) in [6.45, 7) is 0. The molecule has 0 aliphatic carbocycles. The smallest absolute Gasteiger partial charge is 0.261 e. The third-order valence-corrected chi connectivity index (χ3v) is 4.22. The fraction of sp³-hybridized carbons (Fsp3) is 0.0588. The molecule has 2 N–H and O–H groups in total. The van der Waals surface area contributed by atoms with Gasteiger partial charge in [0.25, 0.3) is 5.91 Å². The van der Waals surface area contributed by atoms with Gasteiger partial charge in [0.1, 0.15) is 0 Å². The largest absolute Gasteiger partial charge is 0.360 e. The van der Waals surface area contributed by atoms with E-state index in [0.29, 0.717) is 21.8 Å². The number of aromatic nitrogens is 2.